The zero-order valence-electron chi connectivity index (χ0n) is 13.3. The molecule has 2 amide bonds. The van der Waals surface area contributed by atoms with E-state index in [9.17, 15) is 22.8 Å². The Balaban J connectivity index is 1.78. The van der Waals surface area contributed by atoms with Crippen LogP contribution in [0.5, 0.6) is 0 Å². The third-order valence-corrected chi connectivity index (χ3v) is 3.87. The predicted molar refractivity (Wildman–Crippen MR) is 83.7 cm³/mol. The van der Waals surface area contributed by atoms with Gasteiger partial charge in [-0.2, -0.15) is 13.2 Å². The van der Waals surface area contributed by atoms with Crippen molar-refractivity contribution in [3.63, 3.8) is 0 Å². The summed E-state index contributed by atoms with van der Waals surface area (Å²) in [4.78, 5) is 25.4. The van der Waals surface area contributed by atoms with Gasteiger partial charge in [-0.15, -0.1) is 0 Å². The van der Waals surface area contributed by atoms with E-state index < -0.39 is 12.2 Å². The third kappa shape index (κ3) is 4.03. The Morgan fingerprint density at radius 2 is 1.71 bits per heavy atom. The zero-order valence-corrected chi connectivity index (χ0v) is 13.3. The molecule has 1 unspecified atom stereocenters. The van der Waals surface area contributed by atoms with Gasteiger partial charge in [0.05, 0.1) is 11.1 Å². The first-order valence-corrected chi connectivity index (χ1v) is 7.72. The molecule has 0 saturated heterocycles. The van der Waals surface area contributed by atoms with Crippen LogP contribution in [0.15, 0.2) is 36.4 Å². The molecule has 0 saturated carbocycles. The van der Waals surface area contributed by atoms with Gasteiger partial charge in [0.25, 0.3) is 11.8 Å². The quantitative estimate of drug-likeness (QED) is 0.471. The number of hydrogen-bond donors (Lipinski definition) is 1. The number of benzene rings is 1. The minimum absolute atomic E-state index is 0.273. The highest BCUT2D eigenvalue weighted by molar-refractivity contribution is 6.21. The van der Waals surface area contributed by atoms with Crippen molar-refractivity contribution >= 4 is 11.8 Å². The van der Waals surface area contributed by atoms with Gasteiger partial charge in [-0.25, -0.2) is 0 Å². The lowest BCUT2D eigenvalue weighted by Gasteiger charge is -2.15. The first-order valence-electron chi connectivity index (χ1n) is 7.72. The van der Waals surface area contributed by atoms with Gasteiger partial charge in [-0.1, -0.05) is 24.3 Å². The van der Waals surface area contributed by atoms with Gasteiger partial charge in [0.1, 0.15) is 6.04 Å². The fraction of sp³-hybridized carbons (Fsp3) is 0.412. The summed E-state index contributed by atoms with van der Waals surface area (Å²) < 4.78 is 37.6. The molecule has 0 bridgehead atoms. The normalized spacial score (nSPS) is 16.1. The number of imide groups is 1. The molecule has 1 aliphatic rings. The highest BCUT2D eigenvalue weighted by Gasteiger charge is 2.36. The molecule has 0 spiro atoms. The molecule has 1 atom stereocenters. The van der Waals surface area contributed by atoms with Crippen LogP contribution in [0.25, 0.3) is 0 Å². The number of amides is 2. The highest BCUT2D eigenvalue weighted by atomic mass is 19.4. The van der Waals surface area contributed by atoms with E-state index in [0.29, 0.717) is 30.4 Å². The van der Waals surface area contributed by atoms with Crippen molar-refractivity contribution < 1.29 is 22.8 Å². The lowest BCUT2D eigenvalue weighted by atomic mass is 10.1. The topological polar surface area (TPSA) is 49.4 Å². The molecular weight excluding hydrogens is 321 g/mol. The summed E-state index contributed by atoms with van der Waals surface area (Å²) in [6, 6.07) is 4.99. The molecule has 1 aromatic rings. The lowest BCUT2D eigenvalue weighted by Crippen LogP contribution is -2.38. The van der Waals surface area contributed by atoms with Gasteiger partial charge >= 0.3 is 6.18 Å². The Labute approximate surface area is 138 Å². The van der Waals surface area contributed by atoms with Crippen LogP contribution in [0.3, 0.4) is 0 Å². The maximum atomic E-state index is 12.5. The van der Waals surface area contributed by atoms with E-state index in [2.05, 4.69) is 5.32 Å². The highest BCUT2D eigenvalue weighted by Crippen LogP contribution is 2.23. The van der Waals surface area contributed by atoms with Crippen LogP contribution in [0.4, 0.5) is 13.2 Å². The Morgan fingerprint density at radius 1 is 1.12 bits per heavy atom. The van der Waals surface area contributed by atoms with Crippen molar-refractivity contribution in [2.24, 2.45) is 0 Å². The number of fused-ring (bicyclic) bond motifs is 1. The first kappa shape index (κ1) is 18.2. The third-order valence-electron chi connectivity index (χ3n) is 3.87. The number of nitrogens with zero attached hydrogens (tertiary/aromatic N) is 1. The minimum Gasteiger partial charge on any atom is -0.306 e. The molecule has 130 valence electrons. The Bertz CT molecular complexity index is 606. The number of hydrogen-bond acceptors (Lipinski definition) is 3. The van der Waals surface area contributed by atoms with Gasteiger partial charge in [0.2, 0.25) is 0 Å². The van der Waals surface area contributed by atoms with Crippen LogP contribution in [0, 0.1) is 0 Å². The lowest BCUT2D eigenvalue weighted by molar-refractivity contribution is -0.143. The molecule has 7 heteroatoms. The second kappa shape index (κ2) is 7.61. The molecule has 1 heterocycles. The average molecular weight is 340 g/mol. The molecule has 0 radical (unpaired) electrons. The maximum absolute atomic E-state index is 12.5. The molecule has 1 aliphatic heterocycles. The van der Waals surface area contributed by atoms with Gasteiger partial charge < -0.3 is 5.32 Å². The van der Waals surface area contributed by atoms with E-state index in [-0.39, 0.29) is 18.4 Å². The summed E-state index contributed by atoms with van der Waals surface area (Å²) >= 11 is 0. The van der Waals surface area contributed by atoms with Crippen molar-refractivity contribution in [3.05, 3.63) is 47.5 Å². The minimum atomic E-state index is -4.31. The van der Waals surface area contributed by atoms with Gasteiger partial charge in [0.15, 0.2) is 0 Å². The SMILES string of the molecule is CNC(/C=C/CCCCN1C(=O)c2ccccc2C1=O)C(F)(F)F. The van der Waals surface area contributed by atoms with Crippen molar-refractivity contribution in [3.8, 4) is 0 Å². The molecule has 1 N–H and O–H groups in total. The van der Waals surface area contributed by atoms with Crippen LogP contribution < -0.4 is 5.32 Å². The van der Waals surface area contributed by atoms with Crippen LogP contribution in [-0.2, 0) is 0 Å². The Morgan fingerprint density at radius 3 is 2.21 bits per heavy atom. The smallest absolute Gasteiger partial charge is 0.306 e. The van der Waals surface area contributed by atoms with Crippen LogP contribution in [0.2, 0.25) is 0 Å². The number of halogens is 3. The number of carbonyl (C=O) groups is 2. The van der Waals surface area contributed by atoms with Crippen molar-refractivity contribution in [1.29, 1.82) is 0 Å². The second-order valence-corrected chi connectivity index (χ2v) is 5.54. The standard InChI is InChI=1S/C17H19F3N2O2/c1-21-14(17(18,19)20)10-4-2-3-7-11-22-15(23)12-8-5-6-9-13(12)16(22)24/h4-6,8-10,14,21H,2-3,7,11H2,1H3/b10-4+. The average Bonchev–Trinajstić information content (AvgIpc) is 2.78. The van der Waals surface area contributed by atoms with Crippen molar-refractivity contribution in [2.75, 3.05) is 13.6 Å². The van der Waals surface area contributed by atoms with Crippen molar-refractivity contribution in [1.82, 2.24) is 10.2 Å². The Kier molecular flexibility index (Phi) is 5.77. The monoisotopic (exact) mass is 340 g/mol. The summed E-state index contributed by atoms with van der Waals surface area (Å²) in [6.45, 7) is 0.273. The van der Waals surface area contributed by atoms with Crippen molar-refractivity contribution in [2.45, 2.75) is 31.5 Å². The number of unbranched alkanes of at least 4 members (excludes halogenated alkanes) is 2. The number of carbonyl (C=O) groups excluding carboxylic acids is 2. The first-order chi connectivity index (χ1) is 11.4. The van der Waals surface area contributed by atoms with Crippen LogP contribution in [0.1, 0.15) is 40.0 Å². The maximum Gasteiger partial charge on any atom is 0.407 e. The van der Waals surface area contributed by atoms with E-state index in [4.69, 9.17) is 0 Å². The van der Waals surface area contributed by atoms with Gasteiger partial charge in [-0.3, -0.25) is 14.5 Å². The van der Waals surface area contributed by atoms with E-state index in [1.165, 1.54) is 18.0 Å². The number of likely N-dealkylation sites (N-methyl/N-ethyl adjacent to an activating group) is 1. The van der Waals surface area contributed by atoms with E-state index in [0.717, 1.165) is 6.08 Å². The molecule has 0 fully saturated rings. The number of alkyl halides is 3. The molecule has 0 aliphatic carbocycles. The summed E-state index contributed by atoms with van der Waals surface area (Å²) in [5.74, 6) is -0.614. The van der Waals surface area contributed by atoms with Gasteiger partial charge in [-0.05, 0) is 38.4 Å². The zero-order chi connectivity index (χ0) is 17.7. The predicted octanol–water partition coefficient (Wildman–Crippen LogP) is 3.16. The summed E-state index contributed by atoms with van der Waals surface area (Å²) in [5.41, 5.74) is 0.814. The molecule has 2 rings (SSSR count). The fourth-order valence-corrected chi connectivity index (χ4v) is 2.58. The summed E-state index contributed by atoms with van der Waals surface area (Å²) in [7, 11) is 1.25. The van der Waals surface area contributed by atoms with E-state index in [1.54, 1.807) is 24.3 Å². The van der Waals surface area contributed by atoms with E-state index in [1.807, 2.05) is 0 Å². The molecule has 4 nitrogen and oxygen atoms in total. The number of allylic oxidation sites excluding steroid dienone is 1. The van der Waals surface area contributed by atoms with Gasteiger partial charge in [0, 0.05) is 6.54 Å². The molecule has 1 aromatic carbocycles. The largest absolute Gasteiger partial charge is 0.407 e. The molecule has 24 heavy (non-hydrogen) atoms. The van der Waals surface area contributed by atoms with Crippen LogP contribution in [-0.4, -0.2) is 42.5 Å². The second-order valence-electron chi connectivity index (χ2n) is 5.54. The summed E-state index contributed by atoms with van der Waals surface area (Å²) in [5, 5.41) is 2.19. The number of nitrogens with one attached hydrogen (secondary N) is 1. The Hall–Kier alpha value is -2.15. The molecule has 0 aromatic heterocycles. The van der Waals surface area contributed by atoms with E-state index >= 15 is 0 Å². The van der Waals surface area contributed by atoms with Crippen LogP contribution >= 0.6 is 0 Å². The number of rotatable bonds is 7. The fourth-order valence-electron chi connectivity index (χ4n) is 2.58. The molecular formula is C17H19F3N2O2. The summed E-state index contributed by atoms with van der Waals surface area (Å²) in [6.07, 6.45) is -0.161.